The lowest BCUT2D eigenvalue weighted by Crippen LogP contribution is -2.62. The van der Waals surface area contributed by atoms with E-state index >= 15 is 0 Å². The lowest BCUT2D eigenvalue weighted by molar-refractivity contribution is -0.208. The number of fused-ring (bicyclic) bond motifs is 5. The van der Waals surface area contributed by atoms with E-state index in [-0.39, 0.29) is 28.8 Å². The van der Waals surface area contributed by atoms with Crippen molar-refractivity contribution in [3.05, 3.63) is 11.6 Å². The topological polar surface area (TPSA) is 66.8 Å². The Labute approximate surface area is 162 Å². The van der Waals surface area contributed by atoms with Crippen LogP contribution >= 0.6 is 0 Å². The maximum Gasteiger partial charge on any atom is 0.331 e. The Kier molecular flexibility index (Phi) is 3.92. The average Bonchev–Trinajstić information content (AvgIpc) is 3.16. The molecule has 0 spiro atoms. The van der Waals surface area contributed by atoms with Gasteiger partial charge in [0.1, 0.15) is 6.61 Å². The highest BCUT2D eigenvalue weighted by Crippen LogP contribution is 2.69. The minimum absolute atomic E-state index is 0.126. The fourth-order valence-electron chi connectivity index (χ4n) is 8.39. The van der Waals surface area contributed by atoms with Gasteiger partial charge in [0.05, 0.1) is 11.7 Å². The Morgan fingerprint density at radius 1 is 1.04 bits per heavy atom. The van der Waals surface area contributed by atoms with E-state index in [9.17, 15) is 15.0 Å². The van der Waals surface area contributed by atoms with Crippen molar-refractivity contribution in [2.75, 3.05) is 6.61 Å². The molecule has 0 aromatic rings. The lowest BCUT2D eigenvalue weighted by atomic mass is 9.43. The molecule has 0 amide bonds. The van der Waals surface area contributed by atoms with E-state index in [0.717, 1.165) is 56.9 Å². The minimum Gasteiger partial charge on any atom is -0.458 e. The van der Waals surface area contributed by atoms with Crippen molar-refractivity contribution in [2.45, 2.75) is 83.3 Å². The highest BCUT2D eigenvalue weighted by molar-refractivity contribution is 5.85. The Balaban J connectivity index is 1.47. The number of rotatable bonds is 1. The number of aliphatic hydroxyl groups is 2. The van der Waals surface area contributed by atoms with E-state index in [1.165, 1.54) is 6.42 Å². The van der Waals surface area contributed by atoms with Gasteiger partial charge in [-0.3, -0.25) is 0 Å². The predicted molar refractivity (Wildman–Crippen MR) is 102 cm³/mol. The monoisotopic (exact) mass is 374 g/mol. The third-order valence-corrected chi connectivity index (χ3v) is 9.96. The zero-order valence-electron chi connectivity index (χ0n) is 16.7. The first-order valence-electron chi connectivity index (χ1n) is 11.1. The zero-order valence-corrected chi connectivity index (χ0v) is 16.7. The van der Waals surface area contributed by atoms with Gasteiger partial charge in [0.2, 0.25) is 0 Å². The first kappa shape index (κ1) is 18.2. The number of carbonyl (C=O) groups excluding carboxylic acids is 1. The van der Waals surface area contributed by atoms with Crippen LogP contribution in [-0.2, 0) is 9.53 Å². The van der Waals surface area contributed by atoms with E-state index < -0.39 is 5.60 Å². The van der Waals surface area contributed by atoms with Crippen LogP contribution in [0.15, 0.2) is 11.6 Å². The summed E-state index contributed by atoms with van der Waals surface area (Å²) >= 11 is 0. The van der Waals surface area contributed by atoms with Crippen LogP contribution in [0.25, 0.3) is 0 Å². The van der Waals surface area contributed by atoms with Gasteiger partial charge < -0.3 is 14.9 Å². The summed E-state index contributed by atoms with van der Waals surface area (Å²) in [5, 5.41) is 22.3. The number of aliphatic hydroxyl groups excluding tert-OH is 1. The van der Waals surface area contributed by atoms with Crippen molar-refractivity contribution in [3.8, 4) is 0 Å². The van der Waals surface area contributed by atoms with Gasteiger partial charge in [-0.05, 0) is 92.4 Å². The van der Waals surface area contributed by atoms with Crippen LogP contribution in [0.2, 0.25) is 0 Å². The largest absolute Gasteiger partial charge is 0.458 e. The molecule has 4 aliphatic carbocycles. The number of ether oxygens (including phenoxy) is 1. The molecule has 0 bridgehead atoms. The minimum atomic E-state index is -0.628. The van der Waals surface area contributed by atoms with Gasteiger partial charge in [-0.1, -0.05) is 13.8 Å². The lowest BCUT2D eigenvalue weighted by Gasteiger charge is -2.63. The van der Waals surface area contributed by atoms with Crippen LogP contribution in [0.3, 0.4) is 0 Å². The number of hydrogen-bond donors (Lipinski definition) is 2. The number of carbonyl (C=O) groups is 1. The summed E-state index contributed by atoms with van der Waals surface area (Å²) in [6.07, 6.45) is 10.8. The number of hydrogen-bond acceptors (Lipinski definition) is 4. The van der Waals surface area contributed by atoms with E-state index in [0.29, 0.717) is 24.4 Å². The molecule has 1 aliphatic heterocycles. The standard InChI is InChI=1S/C23H34O4/c1-21-8-5-16(24)12-15(21)3-4-19-18(21)6-9-22(2)17(7-10-23(19,22)26)14-11-20(25)27-13-14/h11,15-19,24,26H,3-10,12-13H2,1-2H3/t15-,16+,17-,18+,19-,21+,22-,23?/m1/s1. The second-order valence-electron chi connectivity index (χ2n) is 10.7. The second kappa shape index (κ2) is 5.82. The zero-order chi connectivity index (χ0) is 19.0. The third kappa shape index (κ3) is 2.32. The molecular formula is C23H34O4. The van der Waals surface area contributed by atoms with E-state index in [2.05, 4.69) is 13.8 Å². The summed E-state index contributed by atoms with van der Waals surface area (Å²) in [4.78, 5) is 11.6. The van der Waals surface area contributed by atoms with Gasteiger partial charge in [0, 0.05) is 11.5 Å². The quantitative estimate of drug-likeness (QED) is 0.688. The van der Waals surface area contributed by atoms with Crippen molar-refractivity contribution in [3.63, 3.8) is 0 Å². The SMILES string of the molecule is C[C@]12CC[C@H](O)C[C@H]1CC[C@@H]1[C@@H]2CC[C@]2(C)[C@@H](C3=CC(=O)OC3)CCC12O. The molecule has 27 heavy (non-hydrogen) atoms. The molecule has 4 saturated carbocycles. The molecule has 4 heteroatoms. The summed E-state index contributed by atoms with van der Waals surface area (Å²) in [6.45, 7) is 5.15. The van der Waals surface area contributed by atoms with Gasteiger partial charge in [-0.15, -0.1) is 0 Å². The first-order valence-corrected chi connectivity index (χ1v) is 11.1. The Bertz CT molecular complexity index is 686. The summed E-state index contributed by atoms with van der Waals surface area (Å²) in [5.41, 5.74) is 0.600. The Hall–Kier alpha value is -0.870. The highest BCUT2D eigenvalue weighted by atomic mass is 16.5. The van der Waals surface area contributed by atoms with E-state index in [4.69, 9.17) is 4.74 Å². The Morgan fingerprint density at radius 2 is 1.85 bits per heavy atom. The van der Waals surface area contributed by atoms with Crippen molar-refractivity contribution in [1.82, 2.24) is 0 Å². The van der Waals surface area contributed by atoms with E-state index in [1.54, 1.807) is 6.08 Å². The van der Waals surface area contributed by atoms with Crippen molar-refractivity contribution in [1.29, 1.82) is 0 Å². The maximum atomic E-state index is 12.1. The van der Waals surface area contributed by atoms with Crippen molar-refractivity contribution in [2.24, 2.45) is 34.5 Å². The van der Waals surface area contributed by atoms with Crippen LogP contribution in [0, 0.1) is 34.5 Å². The first-order chi connectivity index (χ1) is 12.8. The number of cyclic esters (lactones) is 1. The molecule has 0 radical (unpaired) electrons. The highest BCUT2D eigenvalue weighted by Gasteiger charge is 2.67. The van der Waals surface area contributed by atoms with Crippen LogP contribution in [-0.4, -0.2) is 34.5 Å². The molecule has 5 aliphatic rings. The fourth-order valence-corrected chi connectivity index (χ4v) is 8.39. The van der Waals surface area contributed by atoms with Crippen LogP contribution in [0.1, 0.15) is 71.6 Å². The molecule has 4 nitrogen and oxygen atoms in total. The summed E-state index contributed by atoms with van der Waals surface area (Å²) in [5.74, 6) is 1.59. The normalized spacial score (nSPS) is 54.6. The summed E-state index contributed by atoms with van der Waals surface area (Å²) < 4.78 is 5.20. The van der Waals surface area contributed by atoms with Gasteiger partial charge in [0.25, 0.3) is 0 Å². The third-order valence-electron chi connectivity index (χ3n) is 9.96. The molecule has 0 aromatic carbocycles. The molecule has 150 valence electrons. The van der Waals surface area contributed by atoms with Crippen LogP contribution in [0.4, 0.5) is 0 Å². The molecule has 4 fully saturated rings. The molecular weight excluding hydrogens is 340 g/mol. The van der Waals surface area contributed by atoms with E-state index in [1.807, 2.05) is 0 Å². The molecule has 1 heterocycles. The van der Waals surface area contributed by atoms with Crippen LogP contribution < -0.4 is 0 Å². The van der Waals surface area contributed by atoms with Crippen LogP contribution in [0.5, 0.6) is 0 Å². The Morgan fingerprint density at radius 3 is 2.59 bits per heavy atom. The van der Waals surface area contributed by atoms with Gasteiger partial charge in [-0.2, -0.15) is 0 Å². The molecule has 0 aromatic heterocycles. The molecule has 5 rings (SSSR count). The van der Waals surface area contributed by atoms with Gasteiger partial charge in [-0.25, -0.2) is 4.79 Å². The van der Waals surface area contributed by atoms with Gasteiger partial charge >= 0.3 is 5.97 Å². The average molecular weight is 375 g/mol. The fraction of sp³-hybridized carbons (Fsp3) is 0.870. The van der Waals surface area contributed by atoms with Crippen molar-refractivity contribution >= 4 is 5.97 Å². The molecule has 2 N–H and O–H groups in total. The predicted octanol–water partition coefficient (Wildman–Crippen LogP) is 3.60. The molecule has 0 saturated heterocycles. The molecule has 1 unspecified atom stereocenters. The number of esters is 1. The second-order valence-corrected chi connectivity index (χ2v) is 10.7. The van der Waals surface area contributed by atoms with Gasteiger partial charge in [0.15, 0.2) is 0 Å². The summed E-state index contributed by atoms with van der Waals surface area (Å²) in [6, 6.07) is 0. The smallest absolute Gasteiger partial charge is 0.331 e. The maximum absolute atomic E-state index is 12.1. The summed E-state index contributed by atoms with van der Waals surface area (Å²) in [7, 11) is 0. The molecule has 8 atom stereocenters. The van der Waals surface area contributed by atoms with Crippen molar-refractivity contribution < 1.29 is 19.7 Å².